The predicted octanol–water partition coefficient (Wildman–Crippen LogP) is 2.05. The lowest BCUT2D eigenvalue weighted by atomic mass is 10.2. The Morgan fingerprint density at radius 1 is 1.53 bits per heavy atom. The number of ether oxygens (including phenoxy) is 1. The van der Waals surface area contributed by atoms with Gasteiger partial charge in [0.25, 0.3) is 0 Å². The molecule has 0 spiro atoms. The third-order valence-corrected chi connectivity index (χ3v) is 1.78. The Morgan fingerprint density at radius 3 is 2.76 bits per heavy atom. The van der Waals surface area contributed by atoms with Crippen LogP contribution in [0.4, 0.5) is 13.2 Å². The molecule has 0 aromatic carbocycles. The molecule has 0 saturated carbocycles. The number of methoxy groups -OCH3 is 1. The first kappa shape index (κ1) is 13.0. The van der Waals surface area contributed by atoms with E-state index >= 15 is 0 Å². The number of carbonyl (C=O) groups excluding carboxylic acids is 1. The Bertz CT molecular complexity index is 472. The Kier molecular flexibility index (Phi) is 4.10. The SMILES string of the molecule is COc1ncc(C(F)(F)F)cc1C#CCC=O. The van der Waals surface area contributed by atoms with Crippen molar-refractivity contribution in [1.82, 2.24) is 4.98 Å². The van der Waals surface area contributed by atoms with E-state index in [9.17, 15) is 18.0 Å². The Morgan fingerprint density at radius 2 is 2.24 bits per heavy atom. The molecule has 0 fully saturated rings. The summed E-state index contributed by atoms with van der Waals surface area (Å²) in [6, 6.07) is 0.837. The number of alkyl halides is 3. The first-order valence-corrected chi connectivity index (χ1v) is 4.52. The van der Waals surface area contributed by atoms with Gasteiger partial charge in [-0.2, -0.15) is 13.2 Å². The maximum Gasteiger partial charge on any atom is 0.417 e. The number of halogens is 3. The monoisotopic (exact) mass is 243 g/mol. The summed E-state index contributed by atoms with van der Waals surface area (Å²) in [5, 5.41) is 0. The number of carbonyl (C=O) groups is 1. The van der Waals surface area contributed by atoms with Crippen molar-refractivity contribution < 1.29 is 22.7 Å². The van der Waals surface area contributed by atoms with Crippen LogP contribution in [0.25, 0.3) is 0 Å². The second-order valence-electron chi connectivity index (χ2n) is 2.95. The molecule has 17 heavy (non-hydrogen) atoms. The van der Waals surface area contributed by atoms with Crippen LogP contribution < -0.4 is 4.74 Å². The topological polar surface area (TPSA) is 39.2 Å². The highest BCUT2D eigenvalue weighted by Gasteiger charge is 2.31. The molecular weight excluding hydrogens is 235 g/mol. The predicted molar refractivity (Wildman–Crippen MR) is 53.4 cm³/mol. The summed E-state index contributed by atoms with van der Waals surface area (Å²) in [5.41, 5.74) is -0.905. The van der Waals surface area contributed by atoms with Crippen molar-refractivity contribution in [3.05, 3.63) is 23.4 Å². The number of aldehydes is 1. The van der Waals surface area contributed by atoms with Gasteiger partial charge >= 0.3 is 6.18 Å². The molecule has 90 valence electrons. The molecule has 0 amide bonds. The minimum absolute atomic E-state index is 0.00333. The van der Waals surface area contributed by atoms with Gasteiger partial charge in [0.2, 0.25) is 5.88 Å². The molecule has 0 saturated heterocycles. The summed E-state index contributed by atoms with van der Waals surface area (Å²) in [4.78, 5) is 13.6. The highest BCUT2D eigenvalue weighted by molar-refractivity contribution is 5.55. The van der Waals surface area contributed by atoms with Gasteiger partial charge in [-0.25, -0.2) is 4.98 Å². The van der Waals surface area contributed by atoms with Gasteiger partial charge in [0.1, 0.15) is 6.29 Å². The third-order valence-electron chi connectivity index (χ3n) is 1.78. The molecule has 1 rings (SSSR count). The summed E-state index contributed by atoms with van der Waals surface area (Å²) < 4.78 is 42.0. The Labute approximate surface area is 95.6 Å². The van der Waals surface area contributed by atoms with Crippen molar-refractivity contribution in [2.75, 3.05) is 7.11 Å². The summed E-state index contributed by atoms with van der Waals surface area (Å²) in [7, 11) is 1.28. The average Bonchev–Trinajstić information content (AvgIpc) is 2.28. The quantitative estimate of drug-likeness (QED) is 0.589. The zero-order valence-corrected chi connectivity index (χ0v) is 8.84. The van der Waals surface area contributed by atoms with Crippen molar-refractivity contribution in [2.24, 2.45) is 0 Å². The first-order valence-electron chi connectivity index (χ1n) is 4.52. The Balaban J connectivity index is 3.17. The van der Waals surface area contributed by atoms with E-state index in [0.29, 0.717) is 12.5 Å². The summed E-state index contributed by atoms with van der Waals surface area (Å²) in [6.45, 7) is 0. The smallest absolute Gasteiger partial charge is 0.417 e. The van der Waals surface area contributed by atoms with Crippen molar-refractivity contribution >= 4 is 6.29 Å². The van der Waals surface area contributed by atoms with E-state index in [2.05, 4.69) is 16.8 Å². The number of pyridine rings is 1. The largest absolute Gasteiger partial charge is 0.480 e. The number of nitrogens with zero attached hydrogens (tertiary/aromatic N) is 1. The molecule has 0 N–H and O–H groups in total. The van der Waals surface area contributed by atoms with E-state index in [1.54, 1.807) is 0 Å². The van der Waals surface area contributed by atoms with E-state index in [0.717, 1.165) is 6.07 Å². The normalized spacial score (nSPS) is 10.4. The van der Waals surface area contributed by atoms with Crippen LogP contribution in [-0.4, -0.2) is 18.4 Å². The van der Waals surface area contributed by atoms with Crippen LogP contribution in [-0.2, 0) is 11.0 Å². The van der Waals surface area contributed by atoms with E-state index in [1.165, 1.54) is 7.11 Å². The highest BCUT2D eigenvalue weighted by atomic mass is 19.4. The van der Waals surface area contributed by atoms with Crippen LogP contribution in [0, 0.1) is 11.8 Å². The standard InChI is InChI=1S/C11H8F3NO2/c1-17-10-8(4-2-3-5-16)6-9(7-15-10)11(12,13)14/h5-7H,3H2,1H3. The summed E-state index contributed by atoms with van der Waals surface area (Å²) >= 11 is 0. The molecule has 0 unspecified atom stereocenters. The van der Waals surface area contributed by atoms with Gasteiger partial charge in [0.05, 0.1) is 24.7 Å². The molecule has 0 aliphatic rings. The van der Waals surface area contributed by atoms with Gasteiger partial charge in [-0.3, -0.25) is 0 Å². The molecular formula is C11H8F3NO2. The third kappa shape index (κ3) is 3.48. The van der Waals surface area contributed by atoms with Crippen molar-refractivity contribution in [1.29, 1.82) is 0 Å². The molecule has 0 atom stereocenters. The molecule has 1 aromatic rings. The minimum Gasteiger partial charge on any atom is -0.480 e. The molecule has 1 aromatic heterocycles. The van der Waals surface area contributed by atoms with Gasteiger partial charge in [0.15, 0.2) is 0 Å². The van der Waals surface area contributed by atoms with Crippen LogP contribution in [0.15, 0.2) is 12.3 Å². The number of hydrogen-bond donors (Lipinski definition) is 0. The molecule has 6 heteroatoms. The molecule has 1 heterocycles. The average molecular weight is 243 g/mol. The lowest BCUT2D eigenvalue weighted by Gasteiger charge is -2.08. The molecule has 0 aliphatic carbocycles. The van der Waals surface area contributed by atoms with E-state index in [1.807, 2.05) is 0 Å². The fraction of sp³-hybridized carbons (Fsp3) is 0.273. The second-order valence-corrected chi connectivity index (χ2v) is 2.95. The lowest BCUT2D eigenvalue weighted by molar-refractivity contribution is -0.137. The summed E-state index contributed by atoms with van der Waals surface area (Å²) in [5.74, 6) is 4.80. The molecule has 0 radical (unpaired) electrons. The Hall–Kier alpha value is -2.03. The minimum atomic E-state index is -4.49. The lowest BCUT2D eigenvalue weighted by Crippen LogP contribution is -2.06. The maximum atomic E-state index is 12.4. The van der Waals surface area contributed by atoms with Gasteiger partial charge in [-0.05, 0) is 6.07 Å². The zero-order chi connectivity index (χ0) is 12.9. The summed E-state index contributed by atoms with van der Waals surface area (Å²) in [6.07, 6.45) is -3.32. The molecule has 0 bridgehead atoms. The van der Waals surface area contributed by atoms with E-state index in [-0.39, 0.29) is 17.9 Å². The maximum absolute atomic E-state index is 12.4. The molecule has 0 aliphatic heterocycles. The van der Waals surface area contributed by atoms with Crippen LogP contribution in [0.3, 0.4) is 0 Å². The first-order chi connectivity index (χ1) is 7.99. The van der Waals surface area contributed by atoms with Crippen molar-refractivity contribution in [3.63, 3.8) is 0 Å². The fourth-order valence-corrected chi connectivity index (χ4v) is 1.05. The van der Waals surface area contributed by atoms with Crippen LogP contribution in [0.5, 0.6) is 5.88 Å². The number of hydrogen-bond acceptors (Lipinski definition) is 3. The second kappa shape index (κ2) is 5.34. The van der Waals surface area contributed by atoms with Crippen LogP contribution in [0.1, 0.15) is 17.5 Å². The number of aromatic nitrogens is 1. The van der Waals surface area contributed by atoms with Gasteiger partial charge in [0, 0.05) is 6.20 Å². The zero-order valence-electron chi connectivity index (χ0n) is 8.84. The van der Waals surface area contributed by atoms with Crippen molar-refractivity contribution in [2.45, 2.75) is 12.6 Å². The van der Waals surface area contributed by atoms with E-state index < -0.39 is 11.7 Å². The van der Waals surface area contributed by atoms with Gasteiger partial charge in [-0.15, -0.1) is 0 Å². The van der Waals surface area contributed by atoms with Crippen LogP contribution >= 0.6 is 0 Å². The fourth-order valence-electron chi connectivity index (χ4n) is 1.05. The molecule has 3 nitrogen and oxygen atoms in total. The number of rotatable bonds is 2. The van der Waals surface area contributed by atoms with Gasteiger partial charge in [-0.1, -0.05) is 11.8 Å². The van der Waals surface area contributed by atoms with Gasteiger partial charge < -0.3 is 9.53 Å². The van der Waals surface area contributed by atoms with E-state index in [4.69, 9.17) is 4.74 Å². The highest BCUT2D eigenvalue weighted by Crippen LogP contribution is 2.30. The van der Waals surface area contributed by atoms with Crippen molar-refractivity contribution in [3.8, 4) is 17.7 Å². The van der Waals surface area contributed by atoms with Crippen LogP contribution in [0.2, 0.25) is 0 Å².